The van der Waals surface area contributed by atoms with Crippen LogP contribution in [-0.4, -0.2) is 53.3 Å². The lowest BCUT2D eigenvalue weighted by molar-refractivity contribution is -0.222. The van der Waals surface area contributed by atoms with Crippen molar-refractivity contribution in [2.24, 2.45) is 5.11 Å². The van der Waals surface area contributed by atoms with Crippen LogP contribution in [0, 0.1) is 0 Å². The summed E-state index contributed by atoms with van der Waals surface area (Å²) in [5, 5.41) is 22.2. The van der Waals surface area contributed by atoms with E-state index in [0.717, 1.165) is 0 Å². The molecule has 0 aromatic rings. The Balaban J connectivity index is 2.17. The van der Waals surface area contributed by atoms with Crippen LogP contribution < -0.4 is 0 Å². The first kappa shape index (κ1) is 12.6. The summed E-state index contributed by atoms with van der Waals surface area (Å²) in [5.41, 5.74) is 8.39. The van der Waals surface area contributed by atoms with Crippen LogP contribution in [0.15, 0.2) is 5.11 Å². The number of azide groups is 1. The maximum absolute atomic E-state index is 9.67. The van der Waals surface area contributed by atoms with Crippen molar-refractivity contribution in [3.63, 3.8) is 0 Å². The van der Waals surface area contributed by atoms with Crippen molar-refractivity contribution >= 4 is 0 Å². The molecule has 0 aromatic carbocycles. The molecule has 0 aliphatic carbocycles. The fourth-order valence-corrected chi connectivity index (χ4v) is 2.19. The Morgan fingerprint density at radius 2 is 2.06 bits per heavy atom. The third kappa shape index (κ3) is 2.23. The zero-order chi connectivity index (χ0) is 12.6. The van der Waals surface area contributed by atoms with Gasteiger partial charge >= 0.3 is 0 Å². The molecule has 17 heavy (non-hydrogen) atoms. The number of fused-ring (bicyclic) bond motifs is 1. The summed E-state index contributed by atoms with van der Waals surface area (Å²) in [5.74, 6) is -0.825. The Kier molecular flexibility index (Phi) is 3.26. The van der Waals surface area contributed by atoms with Crippen molar-refractivity contribution < 1.29 is 24.4 Å². The number of nitrogens with zero attached hydrogens (tertiary/aromatic N) is 3. The normalized spacial score (nSPS) is 40.7. The molecule has 0 radical (unpaired) electrons. The quantitative estimate of drug-likeness (QED) is 0.409. The molecular weight excluding hydrogens is 230 g/mol. The molecule has 0 amide bonds. The second-order valence-corrected chi connectivity index (χ2v) is 4.51. The summed E-state index contributed by atoms with van der Waals surface area (Å²) in [7, 11) is 0. The standard InChI is InChI=1S/C9H15N3O5/c1-9(2)16-6-5(4(3-13)11-12-10)15-8(14)7(6)17-9/h4-8,13-14H,3H2,1-2H3/t4-,5+,6-,7-,8?/m1/s1. The molecule has 0 aromatic heterocycles. The lowest BCUT2D eigenvalue weighted by Crippen LogP contribution is -2.39. The average molecular weight is 245 g/mol. The van der Waals surface area contributed by atoms with Crippen molar-refractivity contribution in [3.8, 4) is 0 Å². The highest BCUT2D eigenvalue weighted by molar-refractivity contribution is 4.99. The average Bonchev–Trinajstić information content (AvgIpc) is 2.71. The molecular formula is C9H15N3O5. The zero-order valence-corrected chi connectivity index (χ0v) is 9.55. The van der Waals surface area contributed by atoms with Crippen molar-refractivity contribution in [2.45, 2.75) is 50.3 Å². The van der Waals surface area contributed by atoms with Crippen molar-refractivity contribution in [1.82, 2.24) is 0 Å². The van der Waals surface area contributed by atoms with Crippen LogP contribution >= 0.6 is 0 Å². The van der Waals surface area contributed by atoms with Gasteiger partial charge in [-0.2, -0.15) is 0 Å². The van der Waals surface area contributed by atoms with Crippen LogP contribution in [0.25, 0.3) is 10.4 Å². The van der Waals surface area contributed by atoms with Gasteiger partial charge in [-0.15, -0.1) is 0 Å². The first-order valence-corrected chi connectivity index (χ1v) is 5.33. The van der Waals surface area contributed by atoms with E-state index in [1.807, 2.05) is 0 Å². The molecule has 8 heteroatoms. The maximum atomic E-state index is 9.67. The van der Waals surface area contributed by atoms with E-state index in [-0.39, 0.29) is 6.61 Å². The summed E-state index contributed by atoms with van der Waals surface area (Å²) in [4.78, 5) is 2.63. The van der Waals surface area contributed by atoms with Gasteiger partial charge in [0.15, 0.2) is 12.1 Å². The van der Waals surface area contributed by atoms with E-state index in [0.29, 0.717) is 0 Å². The van der Waals surface area contributed by atoms with Crippen LogP contribution in [0.3, 0.4) is 0 Å². The Morgan fingerprint density at radius 3 is 2.65 bits per heavy atom. The van der Waals surface area contributed by atoms with Gasteiger partial charge < -0.3 is 24.4 Å². The Morgan fingerprint density at radius 1 is 1.41 bits per heavy atom. The zero-order valence-electron chi connectivity index (χ0n) is 9.55. The largest absolute Gasteiger partial charge is 0.396 e. The molecule has 0 saturated carbocycles. The molecule has 0 bridgehead atoms. The summed E-state index contributed by atoms with van der Waals surface area (Å²) in [6.45, 7) is 3.06. The van der Waals surface area contributed by atoms with Crippen molar-refractivity contribution in [2.75, 3.05) is 6.61 Å². The predicted molar refractivity (Wildman–Crippen MR) is 54.7 cm³/mol. The molecule has 2 saturated heterocycles. The van der Waals surface area contributed by atoms with Crippen LogP contribution in [0.5, 0.6) is 0 Å². The van der Waals surface area contributed by atoms with Gasteiger partial charge in [0, 0.05) is 4.91 Å². The maximum Gasteiger partial charge on any atom is 0.184 e. The molecule has 2 N–H and O–H groups in total. The van der Waals surface area contributed by atoms with Gasteiger partial charge in [-0.3, -0.25) is 0 Å². The minimum absolute atomic E-state index is 0.381. The lowest BCUT2D eigenvalue weighted by atomic mass is 10.1. The second kappa shape index (κ2) is 4.41. The van der Waals surface area contributed by atoms with Crippen molar-refractivity contribution in [3.05, 3.63) is 10.4 Å². The van der Waals surface area contributed by atoms with E-state index in [2.05, 4.69) is 10.0 Å². The topological polar surface area (TPSA) is 117 Å². The number of hydrogen-bond acceptors (Lipinski definition) is 6. The molecule has 0 spiro atoms. The van der Waals surface area contributed by atoms with Crippen LogP contribution in [0.2, 0.25) is 0 Å². The smallest absolute Gasteiger partial charge is 0.184 e. The van der Waals surface area contributed by atoms with Gasteiger partial charge in [-0.25, -0.2) is 0 Å². The van der Waals surface area contributed by atoms with Crippen LogP contribution in [0.1, 0.15) is 13.8 Å². The monoisotopic (exact) mass is 245 g/mol. The van der Waals surface area contributed by atoms with Gasteiger partial charge in [0.2, 0.25) is 0 Å². The Labute approximate surface area is 97.7 Å². The van der Waals surface area contributed by atoms with E-state index in [1.54, 1.807) is 13.8 Å². The van der Waals surface area contributed by atoms with Gasteiger partial charge in [-0.05, 0) is 19.4 Å². The first-order chi connectivity index (χ1) is 7.98. The number of ether oxygens (including phenoxy) is 3. The molecule has 2 aliphatic rings. The molecule has 2 rings (SSSR count). The molecule has 2 aliphatic heterocycles. The van der Waals surface area contributed by atoms with Gasteiger partial charge in [0.25, 0.3) is 0 Å². The van der Waals surface area contributed by atoms with Gasteiger partial charge in [0.1, 0.15) is 18.3 Å². The molecule has 5 atom stereocenters. The molecule has 2 fully saturated rings. The third-order valence-electron chi connectivity index (χ3n) is 2.83. The van der Waals surface area contributed by atoms with E-state index in [1.165, 1.54) is 0 Å². The van der Waals surface area contributed by atoms with E-state index in [9.17, 15) is 5.11 Å². The first-order valence-electron chi connectivity index (χ1n) is 5.33. The van der Waals surface area contributed by atoms with Gasteiger partial charge in [-0.1, -0.05) is 5.11 Å². The number of rotatable bonds is 3. The van der Waals surface area contributed by atoms with Crippen LogP contribution in [-0.2, 0) is 14.2 Å². The highest BCUT2D eigenvalue weighted by atomic mass is 16.8. The molecule has 2 heterocycles. The Bertz CT molecular complexity index is 344. The van der Waals surface area contributed by atoms with E-state index >= 15 is 0 Å². The molecule has 1 unspecified atom stereocenters. The highest BCUT2D eigenvalue weighted by Crippen LogP contribution is 2.39. The third-order valence-corrected chi connectivity index (χ3v) is 2.83. The number of hydrogen-bond donors (Lipinski definition) is 2. The number of aliphatic hydroxyl groups is 2. The summed E-state index contributed by atoms with van der Waals surface area (Å²) in [6, 6.07) is -0.804. The highest BCUT2D eigenvalue weighted by Gasteiger charge is 2.56. The predicted octanol–water partition coefficient (Wildman–Crippen LogP) is -0.105. The Hall–Kier alpha value is -0.890. The molecule has 96 valence electrons. The fraction of sp³-hybridized carbons (Fsp3) is 1.00. The van der Waals surface area contributed by atoms with Crippen molar-refractivity contribution in [1.29, 1.82) is 0 Å². The summed E-state index contributed by atoms with van der Waals surface area (Å²) < 4.78 is 16.3. The summed E-state index contributed by atoms with van der Waals surface area (Å²) in [6.07, 6.45) is -3.03. The number of aliphatic hydroxyl groups excluding tert-OH is 2. The van der Waals surface area contributed by atoms with E-state index < -0.39 is 36.4 Å². The second-order valence-electron chi connectivity index (χ2n) is 4.51. The van der Waals surface area contributed by atoms with Crippen LogP contribution in [0.4, 0.5) is 0 Å². The van der Waals surface area contributed by atoms with E-state index in [4.69, 9.17) is 24.8 Å². The SMILES string of the molecule is CC1(C)O[C@@H]2[C@H]([C@@H](CO)N=[N+]=[N-])OC(O)[C@@H]2O1. The van der Waals surface area contributed by atoms with Gasteiger partial charge in [0.05, 0.1) is 12.6 Å². The fourth-order valence-electron chi connectivity index (χ4n) is 2.19. The minimum Gasteiger partial charge on any atom is -0.396 e. The minimum atomic E-state index is -1.14. The molecule has 8 nitrogen and oxygen atoms in total. The lowest BCUT2D eigenvalue weighted by Gasteiger charge is -2.24. The summed E-state index contributed by atoms with van der Waals surface area (Å²) >= 11 is 0.